The summed E-state index contributed by atoms with van der Waals surface area (Å²) in [6.45, 7) is 0.387. The molecule has 0 aromatic carbocycles. The van der Waals surface area contributed by atoms with E-state index in [1.807, 2.05) is 0 Å². The van der Waals surface area contributed by atoms with Gasteiger partial charge in [-0.25, -0.2) is 9.97 Å². The quantitative estimate of drug-likeness (QED) is 0.683. The topological polar surface area (TPSA) is 75.2 Å². The summed E-state index contributed by atoms with van der Waals surface area (Å²) in [5.41, 5.74) is 0. The third kappa shape index (κ3) is 2.06. The highest BCUT2D eigenvalue weighted by Crippen LogP contribution is 2.10. The van der Waals surface area contributed by atoms with E-state index in [0.29, 0.717) is 12.4 Å². The number of amides is 2. The van der Waals surface area contributed by atoms with Crippen molar-refractivity contribution < 1.29 is 9.59 Å². The molecule has 1 atom stereocenters. The average molecular weight is 220 g/mol. The normalized spacial score (nSPS) is 20.6. The second-order valence-electron chi connectivity index (χ2n) is 3.59. The Morgan fingerprint density at radius 2 is 2.12 bits per heavy atom. The number of imide groups is 1. The summed E-state index contributed by atoms with van der Waals surface area (Å²) in [5.74, 6) is 0.259. The lowest BCUT2D eigenvalue weighted by Gasteiger charge is -2.09. The number of hydrogen-bond donors (Lipinski definition) is 1. The number of carbonyl (C=O) groups is 2. The summed E-state index contributed by atoms with van der Waals surface area (Å²) in [6, 6.07) is 1.28. The molecule has 1 N–H and O–H groups in total. The molecule has 0 saturated carbocycles. The molecule has 0 bridgehead atoms. The van der Waals surface area contributed by atoms with Crippen LogP contribution in [0.1, 0.15) is 12.2 Å². The molecule has 1 aliphatic rings. The molecule has 2 rings (SSSR count). The van der Waals surface area contributed by atoms with E-state index in [4.69, 9.17) is 0 Å². The molecule has 0 radical (unpaired) electrons. The molecule has 84 valence electrons. The van der Waals surface area contributed by atoms with Crippen LogP contribution in [-0.4, -0.2) is 39.8 Å². The fourth-order valence-electron chi connectivity index (χ4n) is 1.55. The van der Waals surface area contributed by atoms with Gasteiger partial charge in [-0.1, -0.05) is 0 Å². The first kappa shape index (κ1) is 10.7. The van der Waals surface area contributed by atoms with Crippen LogP contribution in [0.25, 0.3) is 0 Å². The third-order valence-corrected chi connectivity index (χ3v) is 2.51. The third-order valence-electron chi connectivity index (χ3n) is 2.51. The first-order valence-corrected chi connectivity index (χ1v) is 4.98. The number of nitrogens with one attached hydrogen (secondary N) is 1. The summed E-state index contributed by atoms with van der Waals surface area (Å²) in [4.78, 5) is 32.0. The molecule has 1 fully saturated rings. The predicted octanol–water partition coefficient (Wildman–Crippen LogP) is -0.677. The van der Waals surface area contributed by atoms with Gasteiger partial charge >= 0.3 is 0 Å². The standard InChI is InChI=1S/C10H12N4O2/c1-14-9(15)5-7(10(14)16)13-6-8-11-3-2-4-12-8/h2-4,7,13H,5-6H2,1H3. The molecule has 2 heterocycles. The molecule has 0 spiro atoms. The Morgan fingerprint density at radius 1 is 1.44 bits per heavy atom. The van der Waals surface area contributed by atoms with E-state index in [-0.39, 0.29) is 18.2 Å². The molecule has 1 saturated heterocycles. The summed E-state index contributed by atoms with van der Waals surface area (Å²) in [7, 11) is 1.49. The maximum atomic E-state index is 11.5. The molecule has 0 aliphatic carbocycles. The molecule has 2 amide bonds. The zero-order chi connectivity index (χ0) is 11.5. The number of hydrogen-bond acceptors (Lipinski definition) is 5. The lowest BCUT2D eigenvalue weighted by molar-refractivity contribution is -0.137. The van der Waals surface area contributed by atoms with Crippen LogP contribution < -0.4 is 5.32 Å². The minimum atomic E-state index is -0.443. The van der Waals surface area contributed by atoms with Crippen molar-refractivity contribution in [1.29, 1.82) is 0 Å². The van der Waals surface area contributed by atoms with Crippen LogP contribution in [0.15, 0.2) is 18.5 Å². The smallest absolute Gasteiger partial charge is 0.246 e. The Labute approximate surface area is 92.7 Å². The van der Waals surface area contributed by atoms with Crippen molar-refractivity contribution in [3.05, 3.63) is 24.3 Å². The van der Waals surface area contributed by atoms with Gasteiger partial charge in [0, 0.05) is 19.4 Å². The summed E-state index contributed by atoms with van der Waals surface area (Å²) >= 11 is 0. The number of likely N-dealkylation sites (N-methyl/N-ethyl adjacent to an activating group) is 1. The summed E-state index contributed by atoms with van der Waals surface area (Å²) < 4.78 is 0. The number of aromatic nitrogens is 2. The van der Waals surface area contributed by atoms with E-state index < -0.39 is 6.04 Å². The first-order valence-electron chi connectivity index (χ1n) is 4.98. The van der Waals surface area contributed by atoms with E-state index >= 15 is 0 Å². The lowest BCUT2D eigenvalue weighted by Crippen LogP contribution is -2.37. The van der Waals surface area contributed by atoms with Gasteiger partial charge in [0.25, 0.3) is 0 Å². The van der Waals surface area contributed by atoms with Crippen molar-refractivity contribution in [3.8, 4) is 0 Å². The van der Waals surface area contributed by atoms with Crippen molar-refractivity contribution in [2.24, 2.45) is 0 Å². The predicted molar refractivity (Wildman–Crippen MR) is 55.1 cm³/mol. The Kier molecular flexibility index (Phi) is 2.91. The zero-order valence-corrected chi connectivity index (χ0v) is 8.88. The van der Waals surface area contributed by atoms with Crippen molar-refractivity contribution >= 4 is 11.8 Å². The van der Waals surface area contributed by atoms with Crippen molar-refractivity contribution in [2.45, 2.75) is 19.0 Å². The minimum absolute atomic E-state index is 0.156. The van der Waals surface area contributed by atoms with Gasteiger partial charge in [-0.05, 0) is 6.07 Å². The molecule has 6 heteroatoms. The monoisotopic (exact) mass is 220 g/mol. The fraction of sp³-hybridized carbons (Fsp3) is 0.400. The maximum Gasteiger partial charge on any atom is 0.246 e. The maximum absolute atomic E-state index is 11.5. The van der Waals surface area contributed by atoms with Gasteiger partial charge in [-0.15, -0.1) is 0 Å². The van der Waals surface area contributed by atoms with E-state index in [2.05, 4.69) is 15.3 Å². The highest BCUT2D eigenvalue weighted by molar-refractivity contribution is 6.05. The molecule has 1 aromatic heterocycles. The van der Waals surface area contributed by atoms with Gasteiger partial charge in [0.05, 0.1) is 19.0 Å². The lowest BCUT2D eigenvalue weighted by atomic mass is 10.2. The van der Waals surface area contributed by atoms with Crippen LogP contribution in [0.4, 0.5) is 0 Å². The van der Waals surface area contributed by atoms with Gasteiger partial charge < -0.3 is 0 Å². The van der Waals surface area contributed by atoms with Crippen molar-refractivity contribution in [2.75, 3.05) is 7.05 Å². The Morgan fingerprint density at radius 3 is 2.69 bits per heavy atom. The second-order valence-corrected chi connectivity index (χ2v) is 3.59. The largest absolute Gasteiger partial charge is 0.298 e. The highest BCUT2D eigenvalue weighted by atomic mass is 16.2. The molecule has 1 aliphatic heterocycles. The molecular formula is C10H12N4O2. The van der Waals surface area contributed by atoms with Crippen LogP contribution in [0, 0.1) is 0 Å². The van der Waals surface area contributed by atoms with Crippen LogP contribution in [0.2, 0.25) is 0 Å². The minimum Gasteiger partial charge on any atom is -0.298 e. The van der Waals surface area contributed by atoms with Crippen molar-refractivity contribution in [1.82, 2.24) is 20.2 Å². The van der Waals surface area contributed by atoms with Gasteiger partial charge in [0.2, 0.25) is 11.8 Å². The van der Waals surface area contributed by atoms with E-state index in [0.717, 1.165) is 4.90 Å². The van der Waals surface area contributed by atoms with Crippen molar-refractivity contribution in [3.63, 3.8) is 0 Å². The molecule has 1 unspecified atom stereocenters. The summed E-state index contributed by atoms with van der Waals surface area (Å²) in [5, 5.41) is 2.97. The van der Waals surface area contributed by atoms with Gasteiger partial charge in [0.15, 0.2) is 0 Å². The number of nitrogens with zero attached hydrogens (tertiary/aromatic N) is 3. The molecule has 6 nitrogen and oxygen atoms in total. The molecule has 1 aromatic rings. The number of carbonyl (C=O) groups excluding carboxylic acids is 2. The zero-order valence-electron chi connectivity index (χ0n) is 8.88. The van der Waals surface area contributed by atoms with Gasteiger partial charge in [-0.3, -0.25) is 19.8 Å². The van der Waals surface area contributed by atoms with E-state index in [9.17, 15) is 9.59 Å². The summed E-state index contributed by atoms with van der Waals surface area (Å²) in [6.07, 6.45) is 3.48. The van der Waals surface area contributed by atoms with Crippen LogP contribution >= 0.6 is 0 Å². The highest BCUT2D eigenvalue weighted by Gasteiger charge is 2.35. The van der Waals surface area contributed by atoms with Gasteiger partial charge in [-0.2, -0.15) is 0 Å². The Bertz CT molecular complexity index is 407. The Balaban J connectivity index is 1.92. The average Bonchev–Trinajstić information content (AvgIpc) is 2.56. The number of likely N-dealkylation sites (tertiary alicyclic amines) is 1. The van der Waals surface area contributed by atoms with Crippen LogP contribution in [-0.2, 0) is 16.1 Å². The fourth-order valence-corrected chi connectivity index (χ4v) is 1.55. The van der Waals surface area contributed by atoms with Crippen LogP contribution in [0.5, 0.6) is 0 Å². The Hall–Kier alpha value is -1.82. The first-order chi connectivity index (χ1) is 7.68. The molecule has 16 heavy (non-hydrogen) atoms. The van der Waals surface area contributed by atoms with E-state index in [1.54, 1.807) is 18.5 Å². The SMILES string of the molecule is CN1C(=O)CC(NCc2ncccn2)C1=O. The van der Waals surface area contributed by atoms with Gasteiger partial charge in [0.1, 0.15) is 5.82 Å². The van der Waals surface area contributed by atoms with E-state index in [1.165, 1.54) is 7.05 Å². The van der Waals surface area contributed by atoms with Crippen LogP contribution in [0.3, 0.4) is 0 Å². The molecular weight excluding hydrogens is 208 g/mol. The second kappa shape index (κ2) is 4.36. The number of rotatable bonds is 3.